The van der Waals surface area contributed by atoms with Gasteiger partial charge in [0.1, 0.15) is 13.0 Å². The molecule has 0 N–H and O–H groups in total. The zero-order valence-electron chi connectivity index (χ0n) is 22.0. The Kier molecular flexibility index (Phi) is 7.98. The second kappa shape index (κ2) is 11.2. The monoisotopic (exact) mass is 557 g/mol. The molecule has 1 aromatic carbocycles. The van der Waals surface area contributed by atoms with Gasteiger partial charge in [-0.3, -0.25) is 14.6 Å². The number of aromatic nitrogens is 2. The predicted octanol–water partition coefficient (Wildman–Crippen LogP) is 6.21. The molecule has 2 aliphatic rings. The first-order valence-electron chi connectivity index (χ1n) is 13.2. The summed E-state index contributed by atoms with van der Waals surface area (Å²) in [7, 11) is 0. The molecule has 2 saturated heterocycles. The Bertz CT molecular complexity index is 1350. The van der Waals surface area contributed by atoms with Crippen LogP contribution in [0.5, 0.6) is 0 Å². The number of carbonyl (C=O) groups excluding carboxylic acids is 2. The third-order valence-corrected chi connectivity index (χ3v) is 9.17. The number of hydrogen-bond donors (Lipinski definition) is 0. The number of halogens is 2. The lowest BCUT2D eigenvalue weighted by Crippen LogP contribution is -2.52. The number of rotatable bonds is 7. The van der Waals surface area contributed by atoms with Gasteiger partial charge in [0.15, 0.2) is 0 Å². The van der Waals surface area contributed by atoms with E-state index in [2.05, 4.69) is 30.7 Å². The molecule has 0 bridgehead atoms. The second-order valence-corrected chi connectivity index (χ2v) is 12.0. The third kappa shape index (κ3) is 5.28. The Morgan fingerprint density at radius 1 is 1.11 bits per heavy atom. The van der Waals surface area contributed by atoms with Crippen LogP contribution in [-0.2, 0) is 17.9 Å². The average Bonchev–Trinajstić information content (AvgIpc) is 3.29. The van der Waals surface area contributed by atoms with Crippen LogP contribution in [0.2, 0.25) is 5.02 Å². The number of imide groups is 1. The maximum absolute atomic E-state index is 12.9. The first-order chi connectivity index (χ1) is 18.3. The number of piperidine rings is 1. The van der Waals surface area contributed by atoms with Crippen LogP contribution in [0, 0.1) is 6.92 Å². The molecule has 38 heavy (non-hydrogen) atoms. The van der Waals surface area contributed by atoms with Gasteiger partial charge in [0.2, 0.25) is 5.91 Å². The fourth-order valence-electron chi connectivity index (χ4n) is 5.70. The van der Waals surface area contributed by atoms with Gasteiger partial charge in [0.25, 0.3) is 0 Å². The summed E-state index contributed by atoms with van der Waals surface area (Å²) in [6.45, 7) is 7.25. The largest absolute Gasteiger partial charge is 0.327 e. The number of carbonyl (C=O) groups is 2. The number of fused-ring (bicyclic) bond motifs is 1. The van der Waals surface area contributed by atoms with Crippen LogP contribution < -0.4 is 0 Å². The molecule has 0 unspecified atom stereocenters. The molecule has 2 aromatic heterocycles. The summed E-state index contributed by atoms with van der Waals surface area (Å²) in [6, 6.07) is 6.45. The van der Waals surface area contributed by atoms with Crippen molar-refractivity contribution in [2.75, 3.05) is 19.8 Å². The number of likely N-dealkylation sites (tertiary alicyclic amines) is 1. The van der Waals surface area contributed by atoms with Gasteiger partial charge in [0, 0.05) is 47.1 Å². The molecule has 2 fully saturated rings. The SMILES string of the molecule is Cc1cc(Cl)cc(-c2ncnc3cc(CN4C(=O)CCN(CCF)C4=O)sc23)c1CN1[C@H](C)CCC[C@H]1C. The summed E-state index contributed by atoms with van der Waals surface area (Å²) in [5.41, 5.74) is 4.88. The Balaban J connectivity index is 1.51. The number of nitrogens with zero attached hydrogens (tertiary/aromatic N) is 5. The minimum absolute atomic E-state index is 0.00417. The molecular formula is C28H33ClFN5O2S. The van der Waals surface area contributed by atoms with Gasteiger partial charge in [-0.15, -0.1) is 11.3 Å². The molecule has 3 aromatic rings. The predicted molar refractivity (Wildman–Crippen MR) is 149 cm³/mol. The number of benzene rings is 1. The highest BCUT2D eigenvalue weighted by Crippen LogP contribution is 2.38. The van der Waals surface area contributed by atoms with Crippen LogP contribution in [0.25, 0.3) is 21.5 Å². The van der Waals surface area contributed by atoms with E-state index in [4.69, 9.17) is 16.6 Å². The van der Waals surface area contributed by atoms with Crippen LogP contribution in [0.1, 0.15) is 55.5 Å². The van der Waals surface area contributed by atoms with Crippen LogP contribution in [0.3, 0.4) is 0 Å². The van der Waals surface area contributed by atoms with E-state index in [9.17, 15) is 14.0 Å². The maximum atomic E-state index is 12.9. The van der Waals surface area contributed by atoms with E-state index >= 15 is 0 Å². The first-order valence-corrected chi connectivity index (χ1v) is 14.4. The topological polar surface area (TPSA) is 69.6 Å². The van der Waals surface area contributed by atoms with Gasteiger partial charge in [0.05, 0.1) is 29.0 Å². The number of hydrogen-bond acceptors (Lipinski definition) is 6. The van der Waals surface area contributed by atoms with E-state index in [0.717, 1.165) is 38.5 Å². The normalized spacial score (nSPS) is 21.1. The van der Waals surface area contributed by atoms with Crippen molar-refractivity contribution in [3.05, 3.63) is 45.6 Å². The summed E-state index contributed by atoms with van der Waals surface area (Å²) in [5, 5.41) is 0.655. The van der Waals surface area contributed by atoms with Crippen molar-refractivity contribution in [2.24, 2.45) is 0 Å². The molecule has 202 valence electrons. The molecule has 4 heterocycles. The van der Waals surface area contributed by atoms with Crippen LogP contribution in [0.15, 0.2) is 24.5 Å². The average molecular weight is 558 g/mol. The van der Waals surface area contributed by atoms with E-state index in [-0.39, 0.29) is 32.0 Å². The Morgan fingerprint density at radius 2 is 1.87 bits per heavy atom. The Hall–Kier alpha value is -2.62. The van der Waals surface area contributed by atoms with E-state index in [0.29, 0.717) is 17.1 Å². The lowest BCUT2D eigenvalue weighted by atomic mass is 9.93. The highest BCUT2D eigenvalue weighted by molar-refractivity contribution is 7.19. The fourth-order valence-corrected chi connectivity index (χ4v) is 7.07. The van der Waals surface area contributed by atoms with Crippen molar-refractivity contribution >= 4 is 45.1 Å². The van der Waals surface area contributed by atoms with E-state index in [1.165, 1.54) is 46.0 Å². The standard InChI is InChI=1S/C28H33ClFN5O2S/c1-17-11-20(29)12-22(23(17)15-34-18(2)5-4-6-19(34)3)26-27-24(31-16-32-26)13-21(38-27)14-35-25(36)7-9-33(10-8-30)28(35)37/h11-13,16,18-19H,4-10,14-15H2,1-3H3/t18-,19-/m1/s1. The van der Waals surface area contributed by atoms with Crippen molar-refractivity contribution in [1.29, 1.82) is 0 Å². The van der Waals surface area contributed by atoms with Gasteiger partial charge >= 0.3 is 6.03 Å². The smallest absolute Gasteiger partial charge is 0.321 e. The second-order valence-electron chi connectivity index (χ2n) is 10.4. The van der Waals surface area contributed by atoms with E-state index in [1.54, 1.807) is 6.33 Å². The number of thiophene rings is 1. The molecule has 7 nitrogen and oxygen atoms in total. The molecule has 0 aliphatic carbocycles. The van der Waals surface area contributed by atoms with Crippen molar-refractivity contribution in [2.45, 2.75) is 71.6 Å². The highest BCUT2D eigenvalue weighted by atomic mass is 35.5. The van der Waals surface area contributed by atoms with E-state index in [1.807, 2.05) is 18.2 Å². The number of amides is 3. The van der Waals surface area contributed by atoms with E-state index < -0.39 is 12.7 Å². The van der Waals surface area contributed by atoms with Crippen LogP contribution in [0.4, 0.5) is 9.18 Å². The molecule has 10 heteroatoms. The number of aryl methyl sites for hydroxylation is 1. The molecular weight excluding hydrogens is 525 g/mol. The quantitative estimate of drug-likeness (QED) is 0.345. The summed E-state index contributed by atoms with van der Waals surface area (Å²) in [4.78, 5) is 40.6. The van der Waals surface area contributed by atoms with Crippen molar-refractivity contribution in [3.8, 4) is 11.3 Å². The molecule has 3 amide bonds. The van der Waals surface area contributed by atoms with Gasteiger partial charge in [-0.05, 0) is 62.9 Å². The maximum Gasteiger partial charge on any atom is 0.327 e. The lowest BCUT2D eigenvalue weighted by Gasteiger charge is -2.39. The van der Waals surface area contributed by atoms with Gasteiger partial charge < -0.3 is 4.90 Å². The number of urea groups is 1. The summed E-state index contributed by atoms with van der Waals surface area (Å²) < 4.78 is 13.8. The molecule has 0 spiro atoms. The fraction of sp³-hybridized carbons (Fsp3) is 0.500. The molecule has 0 saturated carbocycles. The van der Waals surface area contributed by atoms with Crippen molar-refractivity contribution < 1.29 is 14.0 Å². The van der Waals surface area contributed by atoms with Gasteiger partial charge in [-0.1, -0.05) is 18.0 Å². The zero-order chi connectivity index (χ0) is 27.0. The van der Waals surface area contributed by atoms with Gasteiger partial charge in [-0.2, -0.15) is 0 Å². The summed E-state index contributed by atoms with van der Waals surface area (Å²) in [5.74, 6) is -0.244. The molecule has 2 aliphatic heterocycles. The van der Waals surface area contributed by atoms with Crippen LogP contribution in [-0.4, -0.2) is 68.5 Å². The minimum Gasteiger partial charge on any atom is -0.321 e. The zero-order valence-corrected chi connectivity index (χ0v) is 23.6. The Morgan fingerprint density at radius 3 is 2.61 bits per heavy atom. The van der Waals surface area contributed by atoms with Gasteiger partial charge in [-0.25, -0.2) is 19.2 Å². The molecule has 5 rings (SSSR count). The van der Waals surface area contributed by atoms with Crippen molar-refractivity contribution in [1.82, 2.24) is 24.7 Å². The summed E-state index contributed by atoms with van der Waals surface area (Å²) in [6.07, 6.45) is 5.38. The first kappa shape index (κ1) is 27.0. The molecule has 0 radical (unpaired) electrons. The third-order valence-electron chi connectivity index (χ3n) is 7.84. The molecule has 2 atom stereocenters. The summed E-state index contributed by atoms with van der Waals surface area (Å²) >= 11 is 8.04. The van der Waals surface area contributed by atoms with Crippen molar-refractivity contribution in [3.63, 3.8) is 0 Å². The lowest BCUT2D eigenvalue weighted by molar-refractivity contribution is -0.131. The Labute approximate surface area is 231 Å². The van der Waals surface area contributed by atoms with Crippen LogP contribution >= 0.6 is 22.9 Å². The number of alkyl halides is 1. The highest BCUT2D eigenvalue weighted by Gasteiger charge is 2.32. The minimum atomic E-state index is -0.633.